The van der Waals surface area contributed by atoms with Crippen molar-refractivity contribution in [1.29, 1.82) is 0 Å². The van der Waals surface area contributed by atoms with Crippen LogP contribution in [0.25, 0.3) is 10.8 Å². The summed E-state index contributed by atoms with van der Waals surface area (Å²) in [7, 11) is 0. The number of hydrazone groups is 2. The number of rotatable bonds is 8. The fourth-order valence-electron chi connectivity index (χ4n) is 4.19. The Hall–Kier alpha value is -5.26. The van der Waals surface area contributed by atoms with Gasteiger partial charge in [0.2, 0.25) is 11.7 Å². The average Bonchev–Trinajstić information content (AvgIpc) is 3.11. The molecule has 1 aromatic heterocycles. The zero-order valence-electron chi connectivity index (χ0n) is 24.6. The van der Waals surface area contributed by atoms with Crippen LogP contribution in [0.4, 0.5) is 23.0 Å². The SMILES string of the molecule is Clc1ccc(N=N/C(=N/Nc2nnc(N/N=C(/N=Nc3ccc(Cl)cc3)c3ccc(Cl)cc3)c3ccccc23)c2ccc(Cl)cc2)cc1. The number of hydrogen-bond acceptors (Lipinski definition) is 8. The van der Waals surface area contributed by atoms with Crippen molar-refractivity contribution in [3.63, 3.8) is 0 Å². The summed E-state index contributed by atoms with van der Waals surface area (Å²) in [4.78, 5) is 0. The summed E-state index contributed by atoms with van der Waals surface area (Å²) in [6.07, 6.45) is 0. The fourth-order valence-corrected chi connectivity index (χ4v) is 4.70. The van der Waals surface area contributed by atoms with Gasteiger partial charge in [-0.25, -0.2) is 0 Å². The van der Waals surface area contributed by atoms with Crippen molar-refractivity contribution >= 4 is 91.9 Å². The topological polar surface area (TPSA) is 124 Å². The lowest BCUT2D eigenvalue weighted by molar-refractivity contribution is 1.03. The molecule has 0 spiro atoms. The number of benzene rings is 5. The van der Waals surface area contributed by atoms with Crippen molar-refractivity contribution in [3.8, 4) is 0 Å². The summed E-state index contributed by atoms with van der Waals surface area (Å²) in [5.74, 6) is 1.35. The Morgan fingerprint density at radius 2 is 0.771 bits per heavy atom. The largest absolute Gasteiger partial charge is 0.257 e. The Balaban J connectivity index is 1.31. The molecule has 0 bridgehead atoms. The third kappa shape index (κ3) is 8.55. The molecule has 0 atom stereocenters. The Labute approximate surface area is 294 Å². The molecule has 0 aliphatic rings. The maximum atomic E-state index is 6.12. The number of hydrogen-bond donors (Lipinski definition) is 2. The highest BCUT2D eigenvalue weighted by molar-refractivity contribution is 6.31. The smallest absolute Gasteiger partial charge is 0.201 e. The number of aromatic nitrogens is 2. The Kier molecular flexibility index (Phi) is 10.6. The minimum absolute atomic E-state index is 0.290. The van der Waals surface area contributed by atoms with Gasteiger partial charge in [0.1, 0.15) is 0 Å². The van der Waals surface area contributed by atoms with Gasteiger partial charge < -0.3 is 0 Å². The first-order valence-electron chi connectivity index (χ1n) is 14.2. The molecule has 5 aromatic carbocycles. The second kappa shape index (κ2) is 15.6. The lowest BCUT2D eigenvalue weighted by Crippen LogP contribution is -2.06. The second-order valence-corrected chi connectivity index (χ2v) is 11.6. The third-order valence-corrected chi connectivity index (χ3v) is 7.61. The quantitative estimate of drug-likeness (QED) is 0.0705. The van der Waals surface area contributed by atoms with Crippen molar-refractivity contribution in [2.24, 2.45) is 30.7 Å². The first-order chi connectivity index (χ1) is 23.4. The van der Waals surface area contributed by atoms with E-state index in [-0.39, 0.29) is 11.7 Å². The number of azo groups is 2. The molecule has 0 aliphatic carbocycles. The minimum Gasteiger partial charge on any atom is -0.257 e. The van der Waals surface area contributed by atoms with Crippen molar-refractivity contribution in [1.82, 2.24) is 10.2 Å². The maximum Gasteiger partial charge on any atom is 0.201 e. The first kappa shape index (κ1) is 32.7. The van der Waals surface area contributed by atoms with E-state index in [0.717, 1.165) is 10.8 Å². The molecule has 0 saturated heterocycles. The molecular formula is C34H22Cl4N10. The van der Waals surface area contributed by atoms with Crippen LogP contribution in [-0.2, 0) is 0 Å². The van der Waals surface area contributed by atoms with Gasteiger partial charge in [0.25, 0.3) is 0 Å². The van der Waals surface area contributed by atoms with Gasteiger partial charge in [-0.15, -0.1) is 30.7 Å². The van der Waals surface area contributed by atoms with Gasteiger partial charge in [-0.1, -0.05) is 70.7 Å². The zero-order chi connectivity index (χ0) is 33.3. The van der Waals surface area contributed by atoms with Gasteiger partial charge in [0, 0.05) is 42.0 Å². The number of halogens is 4. The zero-order valence-corrected chi connectivity index (χ0v) is 27.7. The molecule has 48 heavy (non-hydrogen) atoms. The minimum atomic E-state index is 0.290. The van der Waals surface area contributed by atoms with Gasteiger partial charge >= 0.3 is 0 Å². The van der Waals surface area contributed by atoms with Crippen LogP contribution < -0.4 is 10.9 Å². The van der Waals surface area contributed by atoms with E-state index in [4.69, 9.17) is 46.4 Å². The molecule has 6 rings (SSSR count). The average molecular weight is 712 g/mol. The van der Waals surface area contributed by atoms with Crippen LogP contribution in [0.15, 0.2) is 152 Å². The van der Waals surface area contributed by atoms with E-state index < -0.39 is 0 Å². The molecule has 236 valence electrons. The van der Waals surface area contributed by atoms with E-state index in [2.05, 4.69) is 51.7 Å². The Morgan fingerprint density at radius 3 is 1.12 bits per heavy atom. The van der Waals surface area contributed by atoms with Crippen molar-refractivity contribution < 1.29 is 0 Å². The molecule has 0 aliphatic heterocycles. The summed E-state index contributed by atoms with van der Waals surface area (Å²) in [6.45, 7) is 0. The van der Waals surface area contributed by atoms with Crippen LogP contribution in [0.3, 0.4) is 0 Å². The number of amidine groups is 2. The van der Waals surface area contributed by atoms with E-state index in [0.29, 0.717) is 54.2 Å². The van der Waals surface area contributed by atoms with E-state index in [1.807, 2.05) is 24.3 Å². The normalized spacial score (nSPS) is 12.2. The number of fused-ring (bicyclic) bond motifs is 1. The van der Waals surface area contributed by atoms with Crippen molar-refractivity contribution in [2.75, 3.05) is 10.9 Å². The molecular weight excluding hydrogens is 690 g/mol. The highest BCUT2D eigenvalue weighted by Crippen LogP contribution is 2.27. The van der Waals surface area contributed by atoms with E-state index in [9.17, 15) is 0 Å². The molecule has 10 nitrogen and oxygen atoms in total. The molecule has 0 saturated carbocycles. The lowest BCUT2D eigenvalue weighted by atomic mass is 10.2. The van der Waals surface area contributed by atoms with Crippen LogP contribution in [0.1, 0.15) is 11.1 Å². The third-order valence-electron chi connectivity index (χ3n) is 6.60. The monoisotopic (exact) mass is 710 g/mol. The summed E-state index contributed by atoms with van der Waals surface area (Å²) in [6, 6.07) is 35.6. The number of anilines is 2. The van der Waals surface area contributed by atoms with Crippen LogP contribution in [0, 0.1) is 0 Å². The second-order valence-electron chi connectivity index (χ2n) is 9.90. The summed E-state index contributed by atoms with van der Waals surface area (Å²) >= 11 is 24.3. The summed E-state index contributed by atoms with van der Waals surface area (Å²) in [5.41, 5.74) is 8.56. The van der Waals surface area contributed by atoms with Gasteiger partial charge in [-0.2, -0.15) is 10.2 Å². The molecule has 2 N–H and O–H groups in total. The predicted octanol–water partition coefficient (Wildman–Crippen LogP) is 11.4. The molecule has 6 aromatic rings. The van der Waals surface area contributed by atoms with Gasteiger partial charge in [0.05, 0.1) is 11.4 Å². The van der Waals surface area contributed by atoms with Crippen molar-refractivity contribution in [3.05, 3.63) is 153 Å². The van der Waals surface area contributed by atoms with Gasteiger partial charge in [-0.05, 0) is 97.1 Å². The van der Waals surface area contributed by atoms with Crippen molar-refractivity contribution in [2.45, 2.75) is 0 Å². The van der Waals surface area contributed by atoms with Crippen LogP contribution >= 0.6 is 46.4 Å². The highest BCUT2D eigenvalue weighted by atomic mass is 35.5. The first-order valence-corrected chi connectivity index (χ1v) is 15.7. The highest BCUT2D eigenvalue weighted by Gasteiger charge is 2.11. The van der Waals surface area contributed by atoms with Crippen LogP contribution in [0.5, 0.6) is 0 Å². The van der Waals surface area contributed by atoms with Crippen LogP contribution in [0.2, 0.25) is 20.1 Å². The molecule has 1 heterocycles. The van der Waals surface area contributed by atoms with E-state index >= 15 is 0 Å². The van der Waals surface area contributed by atoms with Gasteiger partial charge in [0.15, 0.2) is 11.6 Å². The molecule has 0 amide bonds. The predicted molar refractivity (Wildman–Crippen MR) is 195 cm³/mol. The maximum absolute atomic E-state index is 6.12. The molecule has 0 unspecified atom stereocenters. The van der Waals surface area contributed by atoms with E-state index in [1.165, 1.54) is 0 Å². The summed E-state index contributed by atoms with van der Waals surface area (Å²) < 4.78 is 0. The molecule has 0 radical (unpaired) electrons. The Morgan fingerprint density at radius 1 is 0.438 bits per heavy atom. The molecule has 0 fully saturated rings. The van der Waals surface area contributed by atoms with Gasteiger partial charge in [-0.3, -0.25) is 10.9 Å². The van der Waals surface area contributed by atoms with E-state index in [1.54, 1.807) is 97.1 Å². The Bertz CT molecular complexity index is 1990. The summed E-state index contributed by atoms with van der Waals surface area (Å²) in [5, 5.41) is 39.0. The number of nitrogens with zero attached hydrogens (tertiary/aromatic N) is 8. The lowest BCUT2D eigenvalue weighted by Gasteiger charge is -2.09. The fraction of sp³-hybridized carbons (Fsp3) is 0. The molecule has 14 heteroatoms. The van der Waals surface area contributed by atoms with Crippen LogP contribution in [-0.4, -0.2) is 21.9 Å². The standard InChI is InChI=1S/C34H22Cl4N10/c35-23-9-5-21(6-10-23)31(41-39-27-17-13-25(37)14-18-27)43-45-33-29-3-1-2-4-30(29)34(48-47-33)46-44-32(22-7-11-24(36)12-8-22)42-40-28-19-15-26(38)16-20-28/h1-20H,(H,45,47)(H,46,48)/b41-39?,42-40?,43-31+,44-32+. The number of nitrogens with one attached hydrogen (secondary N) is 2.